The van der Waals surface area contributed by atoms with Crippen LogP contribution in [0, 0.1) is 3.57 Å². The Bertz CT molecular complexity index is 639. The molecule has 1 aromatic heterocycles. The summed E-state index contributed by atoms with van der Waals surface area (Å²) in [4.78, 5) is 0. The molecule has 1 heterocycles. The molecule has 90 valence electrons. The molecule has 1 aromatic carbocycles. The van der Waals surface area contributed by atoms with Crippen molar-refractivity contribution in [3.63, 3.8) is 0 Å². The lowest BCUT2D eigenvalue weighted by Gasteiger charge is -2.06. The summed E-state index contributed by atoms with van der Waals surface area (Å²) in [5.41, 5.74) is 0.543. The maximum Gasteiger partial charge on any atom is 0.271 e. The van der Waals surface area contributed by atoms with Gasteiger partial charge in [0, 0.05) is 9.26 Å². The second-order valence-electron chi connectivity index (χ2n) is 3.17. The van der Waals surface area contributed by atoms with Crippen molar-refractivity contribution in [3.05, 3.63) is 44.3 Å². The smallest absolute Gasteiger partial charge is 0.271 e. The minimum Gasteiger partial charge on any atom is -0.279 e. The van der Waals surface area contributed by atoms with Crippen molar-refractivity contribution in [2.45, 2.75) is 4.21 Å². The average Bonchev–Trinajstić information content (AvgIpc) is 2.65. The molecular weight excluding hydrogens is 393 g/mol. The first kappa shape index (κ1) is 13.1. The van der Waals surface area contributed by atoms with Crippen molar-refractivity contribution in [2.75, 3.05) is 4.72 Å². The van der Waals surface area contributed by atoms with E-state index in [1.165, 1.54) is 6.07 Å². The average molecular weight is 400 g/mol. The van der Waals surface area contributed by atoms with Crippen molar-refractivity contribution < 1.29 is 8.42 Å². The molecule has 0 unspecified atom stereocenters. The van der Waals surface area contributed by atoms with Gasteiger partial charge in [-0.2, -0.15) is 0 Å². The van der Waals surface area contributed by atoms with Crippen molar-refractivity contribution in [3.8, 4) is 0 Å². The minimum absolute atomic E-state index is 0.210. The predicted octanol–water partition coefficient (Wildman–Crippen LogP) is 3.81. The lowest BCUT2D eigenvalue weighted by Crippen LogP contribution is -2.11. The number of hydrogen-bond donors (Lipinski definition) is 1. The number of rotatable bonds is 3. The first-order chi connectivity index (χ1) is 7.97. The number of thiophene rings is 1. The van der Waals surface area contributed by atoms with Crippen LogP contribution in [0.5, 0.6) is 0 Å². The van der Waals surface area contributed by atoms with Crippen LogP contribution >= 0.6 is 45.5 Å². The maximum absolute atomic E-state index is 12.0. The molecule has 2 aromatic rings. The van der Waals surface area contributed by atoms with Crippen LogP contribution in [-0.2, 0) is 10.0 Å². The van der Waals surface area contributed by atoms with Crippen molar-refractivity contribution in [1.29, 1.82) is 0 Å². The van der Waals surface area contributed by atoms with E-state index in [4.69, 9.17) is 11.6 Å². The van der Waals surface area contributed by atoms with E-state index in [0.717, 1.165) is 14.9 Å². The number of nitrogens with one attached hydrogen (secondary N) is 1. The number of benzene rings is 1. The maximum atomic E-state index is 12.0. The molecule has 1 N–H and O–H groups in total. The monoisotopic (exact) mass is 399 g/mol. The molecule has 0 saturated carbocycles. The van der Waals surface area contributed by atoms with Gasteiger partial charge in [0.05, 0.1) is 4.34 Å². The van der Waals surface area contributed by atoms with Gasteiger partial charge in [-0.25, -0.2) is 8.42 Å². The lowest BCUT2D eigenvalue weighted by molar-refractivity contribution is 0.603. The molecule has 2 rings (SSSR count). The van der Waals surface area contributed by atoms with Crippen LogP contribution in [0.25, 0.3) is 0 Å². The third-order valence-electron chi connectivity index (χ3n) is 1.89. The van der Waals surface area contributed by atoms with E-state index in [1.807, 2.05) is 6.07 Å². The lowest BCUT2D eigenvalue weighted by atomic mass is 10.3. The van der Waals surface area contributed by atoms with Gasteiger partial charge in [-0.1, -0.05) is 17.7 Å². The highest BCUT2D eigenvalue weighted by atomic mass is 127. The van der Waals surface area contributed by atoms with Crippen molar-refractivity contribution >= 4 is 61.2 Å². The molecule has 0 atom stereocenters. The van der Waals surface area contributed by atoms with Gasteiger partial charge in [-0.3, -0.25) is 4.72 Å². The predicted molar refractivity (Wildman–Crippen MR) is 79.3 cm³/mol. The fourth-order valence-corrected chi connectivity index (χ4v) is 4.27. The van der Waals surface area contributed by atoms with E-state index < -0.39 is 10.0 Å². The molecule has 0 aliphatic rings. The molecule has 0 saturated heterocycles. The fraction of sp³-hybridized carbons (Fsp3) is 0. The SMILES string of the molecule is O=S(=O)(Nc1cccc(I)c1)c1ccc(Cl)s1. The Labute approximate surface area is 122 Å². The first-order valence-electron chi connectivity index (χ1n) is 4.51. The van der Waals surface area contributed by atoms with Crippen LogP contribution in [0.2, 0.25) is 4.34 Å². The normalized spacial score (nSPS) is 11.4. The molecular formula is C10H7ClINO2S2. The van der Waals surface area contributed by atoms with E-state index in [0.29, 0.717) is 10.0 Å². The number of hydrogen-bond acceptors (Lipinski definition) is 3. The van der Waals surface area contributed by atoms with Crippen LogP contribution in [0.3, 0.4) is 0 Å². The molecule has 0 radical (unpaired) electrons. The molecule has 3 nitrogen and oxygen atoms in total. The molecule has 0 bridgehead atoms. The summed E-state index contributed by atoms with van der Waals surface area (Å²) in [6.07, 6.45) is 0. The largest absolute Gasteiger partial charge is 0.279 e. The summed E-state index contributed by atoms with van der Waals surface area (Å²) in [6.45, 7) is 0. The Hall–Kier alpha value is -0.310. The van der Waals surface area contributed by atoms with Gasteiger partial charge in [-0.05, 0) is 52.9 Å². The topological polar surface area (TPSA) is 46.2 Å². The summed E-state index contributed by atoms with van der Waals surface area (Å²) in [6, 6.07) is 10.2. The molecule has 17 heavy (non-hydrogen) atoms. The molecule has 0 aliphatic heterocycles. The van der Waals surface area contributed by atoms with Gasteiger partial charge in [-0.15, -0.1) is 11.3 Å². The third-order valence-corrected chi connectivity index (χ3v) is 5.67. The Balaban J connectivity index is 2.29. The third kappa shape index (κ3) is 3.34. The standard InChI is InChI=1S/C10H7ClINO2S2/c11-9-4-5-10(16-9)17(14,15)13-8-3-1-2-7(12)6-8/h1-6,13H. The van der Waals surface area contributed by atoms with Crippen molar-refractivity contribution in [2.24, 2.45) is 0 Å². The quantitative estimate of drug-likeness (QED) is 0.798. The van der Waals surface area contributed by atoms with Crippen LogP contribution < -0.4 is 4.72 Å². The van der Waals surface area contributed by atoms with Gasteiger partial charge in [0.1, 0.15) is 4.21 Å². The minimum atomic E-state index is -3.53. The van der Waals surface area contributed by atoms with Crippen molar-refractivity contribution in [1.82, 2.24) is 0 Å². The highest BCUT2D eigenvalue weighted by Gasteiger charge is 2.16. The van der Waals surface area contributed by atoms with Gasteiger partial charge >= 0.3 is 0 Å². The second-order valence-corrected chi connectivity index (χ2v) is 8.04. The van der Waals surface area contributed by atoms with Gasteiger partial charge < -0.3 is 0 Å². The number of anilines is 1. The Morgan fingerprint density at radius 2 is 2.00 bits per heavy atom. The zero-order valence-electron chi connectivity index (χ0n) is 8.35. The molecule has 0 fully saturated rings. The molecule has 0 amide bonds. The van der Waals surface area contributed by atoms with E-state index in [1.54, 1.807) is 24.3 Å². The van der Waals surface area contributed by atoms with Crippen LogP contribution in [0.4, 0.5) is 5.69 Å². The van der Waals surface area contributed by atoms with E-state index >= 15 is 0 Å². The molecule has 0 aliphatic carbocycles. The van der Waals surface area contributed by atoms with E-state index in [-0.39, 0.29) is 4.21 Å². The highest BCUT2D eigenvalue weighted by Crippen LogP contribution is 2.27. The highest BCUT2D eigenvalue weighted by molar-refractivity contribution is 14.1. The van der Waals surface area contributed by atoms with E-state index in [2.05, 4.69) is 27.3 Å². The van der Waals surface area contributed by atoms with Gasteiger partial charge in [0.2, 0.25) is 0 Å². The Kier molecular flexibility index (Phi) is 3.96. The molecule has 7 heteroatoms. The number of sulfonamides is 1. The van der Waals surface area contributed by atoms with Crippen LogP contribution in [0.1, 0.15) is 0 Å². The number of halogens is 2. The summed E-state index contributed by atoms with van der Waals surface area (Å²) < 4.78 is 28.1. The summed E-state index contributed by atoms with van der Waals surface area (Å²) >= 11 is 8.87. The van der Waals surface area contributed by atoms with Crippen LogP contribution in [-0.4, -0.2) is 8.42 Å². The van der Waals surface area contributed by atoms with E-state index in [9.17, 15) is 8.42 Å². The van der Waals surface area contributed by atoms with Crippen LogP contribution in [0.15, 0.2) is 40.6 Å². The first-order valence-corrected chi connectivity index (χ1v) is 8.27. The molecule has 0 spiro atoms. The second kappa shape index (κ2) is 5.13. The Morgan fingerprint density at radius 1 is 1.24 bits per heavy atom. The summed E-state index contributed by atoms with van der Waals surface area (Å²) in [5.74, 6) is 0. The summed E-state index contributed by atoms with van der Waals surface area (Å²) in [5, 5.41) is 0. The fourth-order valence-electron chi connectivity index (χ4n) is 1.20. The zero-order chi connectivity index (χ0) is 12.5. The Morgan fingerprint density at radius 3 is 2.59 bits per heavy atom. The zero-order valence-corrected chi connectivity index (χ0v) is 12.9. The summed E-state index contributed by atoms with van der Waals surface area (Å²) in [7, 11) is -3.53. The van der Waals surface area contributed by atoms with Gasteiger partial charge in [0.25, 0.3) is 10.0 Å². The van der Waals surface area contributed by atoms with Gasteiger partial charge in [0.15, 0.2) is 0 Å².